The molecule has 0 saturated carbocycles. The van der Waals surface area contributed by atoms with Crippen molar-refractivity contribution in [2.75, 3.05) is 0 Å². The molecular weight excluding hydrogens is 667 g/mol. The molecule has 0 atom stereocenters. The first-order valence-electron chi connectivity index (χ1n) is 19.2. The van der Waals surface area contributed by atoms with Gasteiger partial charge < -0.3 is 9.55 Å². The summed E-state index contributed by atoms with van der Waals surface area (Å²) in [7, 11) is 0. The molecule has 3 heterocycles. The van der Waals surface area contributed by atoms with Gasteiger partial charge in [-0.15, -0.1) is 0 Å². The molecule has 9 rings (SSSR count). The minimum absolute atomic E-state index is 0.841. The summed E-state index contributed by atoms with van der Waals surface area (Å²) in [6.07, 6.45) is 13.8. The van der Waals surface area contributed by atoms with Crippen LogP contribution in [0.5, 0.6) is 0 Å². The smallest absolute Gasteiger partial charge is 0.0801 e. The van der Waals surface area contributed by atoms with Gasteiger partial charge in [-0.05, 0) is 90.1 Å². The highest BCUT2D eigenvalue weighted by molar-refractivity contribution is 6.10. The highest BCUT2D eigenvalue weighted by atomic mass is 15.0. The first kappa shape index (κ1) is 35.3. The number of allylic oxidation sites excluding steroid dienone is 5. The highest BCUT2D eigenvalue weighted by Crippen LogP contribution is 2.35. The molecule has 0 saturated heterocycles. The fraction of sp³-hybridized carbons (Fsp3) is 0.0962. The summed E-state index contributed by atoms with van der Waals surface area (Å²) < 4.78 is 2.43. The molecule has 3 aromatic heterocycles. The molecule has 1 N–H and O–H groups in total. The van der Waals surface area contributed by atoms with Gasteiger partial charge in [-0.2, -0.15) is 0 Å². The Hall–Kier alpha value is -6.71. The largest absolute Gasteiger partial charge is 0.355 e. The first-order chi connectivity index (χ1) is 27.1. The van der Waals surface area contributed by atoms with Crippen LogP contribution in [0.4, 0.5) is 0 Å². The molecule has 0 aliphatic rings. The van der Waals surface area contributed by atoms with Gasteiger partial charge >= 0.3 is 0 Å². The Morgan fingerprint density at radius 3 is 1.89 bits per heavy atom. The van der Waals surface area contributed by atoms with Crippen molar-refractivity contribution >= 4 is 55.3 Å². The summed E-state index contributed by atoms with van der Waals surface area (Å²) in [5.41, 5.74) is 14.9. The van der Waals surface area contributed by atoms with Crippen LogP contribution in [-0.2, 0) is 13.0 Å². The van der Waals surface area contributed by atoms with Gasteiger partial charge in [0, 0.05) is 56.6 Å². The van der Waals surface area contributed by atoms with Crippen molar-refractivity contribution in [3.05, 3.63) is 199 Å². The number of benzene rings is 6. The van der Waals surface area contributed by atoms with Gasteiger partial charge in [0.15, 0.2) is 0 Å². The van der Waals surface area contributed by atoms with E-state index in [1.165, 1.54) is 82.7 Å². The van der Waals surface area contributed by atoms with E-state index in [2.05, 4.69) is 206 Å². The lowest BCUT2D eigenvalue weighted by atomic mass is 10.0. The van der Waals surface area contributed by atoms with Crippen molar-refractivity contribution in [3.63, 3.8) is 0 Å². The van der Waals surface area contributed by atoms with E-state index in [1.54, 1.807) is 0 Å². The van der Waals surface area contributed by atoms with Crippen LogP contribution in [0.2, 0.25) is 0 Å². The predicted octanol–water partition coefficient (Wildman–Crippen LogP) is 14.1. The Kier molecular flexibility index (Phi) is 10.4. The van der Waals surface area contributed by atoms with E-state index in [4.69, 9.17) is 4.98 Å². The summed E-state index contributed by atoms with van der Waals surface area (Å²) >= 11 is 0. The van der Waals surface area contributed by atoms with Gasteiger partial charge in [-0.1, -0.05) is 153 Å². The highest BCUT2D eigenvalue weighted by Gasteiger charge is 2.16. The molecule has 0 aliphatic carbocycles. The molecule has 3 nitrogen and oxygen atoms in total. The summed E-state index contributed by atoms with van der Waals surface area (Å²) in [5.74, 6) is 0. The zero-order chi connectivity index (χ0) is 37.6. The molecule has 0 aliphatic heterocycles. The summed E-state index contributed by atoms with van der Waals surface area (Å²) in [6.45, 7) is 7.31. The fourth-order valence-corrected chi connectivity index (χ4v) is 7.69. The minimum atomic E-state index is 0.841. The van der Waals surface area contributed by atoms with Crippen LogP contribution >= 0.6 is 0 Å². The van der Waals surface area contributed by atoms with Gasteiger partial charge in [0.2, 0.25) is 0 Å². The average Bonchev–Trinajstić information content (AvgIpc) is 3.77. The number of nitrogens with zero attached hydrogens (tertiary/aromatic N) is 2. The molecule has 55 heavy (non-hydrogen) atoms. The standard InChI is InChI=1S/C28H28N2.C24H17N/c1-4-12-24-25(5-2)30(20-10-9-13-21(3)22-14-7-6-8-15-22)26-18-17-23-16-11-19-29-28(23)27(24)26;1-3-7-17(8-4-1)19-11-13-23-21(15-19)22-16-20(12-14-24(22)25-23)18-9-5-2-6-10-18/h4,6-19H,5,20H2,1-3H3;1-16,25H/b10-9-,12-4-,21-13+;. The summed E-state index contributed by atoms with van der Waals surface area (Å²) in [6, 6.07) is 53.5. The first-order valence-corrected chi connectivity index (χ1v) is 19.2. The third kappa shape index (κ3) is 7.30. The molecule has 0 bridgehead atoms. The van der Waals surface area contributed by atoms with Crippen LogP contribution in [0.3, 0.4) is 0 Å². The molecule has 9 aromatic rings. The Labute approximate surface area is 323 Å². The Morgan fingerprint density at radius 2 is 1.29 bits per heavy atom. The molecule has 0 fully saturated rings. The monoisotopic (exact) mass is 711 g/mol. The maximum absolute atomic E-state index is 4.72. The second kappa shape index (κ2) is 16.1. The van der Waals surface area contributed by atoms with Crippen LogP contribution in [0.25, 0.3) is 77.5 Å². The quantitative estimate of drug-likeness (QED) is 0.156. The molecule has 0 spiro atoms. The Morgan fingerprint density at radius 1 is 0.673 bits per heavy atom. The number of rotatable bonds is 8. The third-order valence-corrected chi connectivity index (χ3v) is 10.4. The molecule has 0 amide bonds. The van der Waals surface area contributed by atoms with Crippen molar-refractivity contribution in [1.29, 1.82) is 0 Å². The summed E-state index contributed by atoms with van der Waals surface area (Å²) in [5, 5.41) is 4.99. The minimum Gasteiger partial charge on any atom is -0.355 e. The van der Waals surface area contributed by atoms with E-state index in [1.807, 2.05) is 12.3 Å². The lowest BCUT2D eigenvalue weighted by Gasteiger charge is -2.07. The van der Waals surface area contributed by atoms with E-state index in [-0.39, 0.29) is 0 Å². The average molecular weight is 712 g/mol. The number of H-pyrrole nitrogens is 1. The van der Waals surface area contributed by atoms with Crippen LogP contribution in [0.15, 0.2) is 182 Å². The van der Waals surface area contributed by atoms with E-state index < -0.39 is 0 Å². The van der Waals surface area contributed by atoms with E-state index in [0.717, 1.165) is 18.5 Å². The van der Waals surface area contributed by atoms with E-state index >= 15 is 0 Å². The van der Waals surface area contributed by atoms with Crippen molar-refractivity contribution in [1.82, 2.24) is 14.5 Å². The number of aromatic nitrogens is 3. The van der Waals surface area contributed by atoms with Gasteiger partial charge in [0.1, 0.15) is 0 Å². The maximum Gasteiger partial charge on any atom is 0.0801 e. The molecule has 268 valence electrons. The lowest BCUT2D eigenvalue weighted by molar-refractivity contribution is 0.793. The van der Waals surface area contributed by atoms with Crippen LogP contribution in [0.1, 0.15) is 37.6 Å². The predicted molar refractivity (Wildman–Crippen MR) is 237 cm³/mol. The van der Waals surface area contributed by atoms with Gasteiger partial charge in [0.05, 0.1) is 11.0 Å². The van der Waals surface area contributed by atoms with Crippen LogP contribution in [-0.4, -0.2) is 14.5 Å². The van der Waals surface area contributed by atoms with Gasteiger partial charge in [-0.25, -0.2) is 0 Å². The van der Waals surface area contributed by atoms with Crippen LogP contribution in [0, 0.1) is 0 Å². The van der Waals surface area contributed by atoms with Crippen LogP contribution < -0.4 is 0 Å². The normalized spacial score (nSPS) is 12.0. The van der Waals surface area contributed by atoms with Gasteiger partial charge in [-0.3, -0.25) is 4.98 Å². The van der Waals surface area contributed by atoms with Crippen molar-refractivity contribution in [2.45, 2.75) is 33.7 Å². The number of fused-ring (bicyclic) bond motifs is 6. The van der Waals surface area contributed by atoms with Gasteiger partial charge in [0.25, 0.3) is 0 Å². The summed E-state index contributed by atoms with van der Waals surface area (Å²) in [4.78, 5) is 8.25. The number of hydrogen-bond donors (Lipinski definition) is 1. The second-order valence-electron chi connectivity index (χ2n) is 13.9. The zero-order valence-corrected chi connectivity index (χ0v) is 31.7. The Balaban J connectivity index is 0.000000158. The Bertz CT molecular complexity index is 2720. The second-order valence-corrected chi connectivity index (χ2v) is 13.9. The molecule has 3 heteroatoms. The number of pyridine rings is 1. The lowest BCUT2D eigenvalue weighted by Crippen LogP contribution is -2.01. The topological polar surface area (TPSA) is 33.6 Å². The number of nitrogens with one attached hydrogen (secondary N) is 1. The maximum atomic E-state index is 4.72. The number of aromatic amines is 1. The molecular formula is C52H45N3. The number of hydrogen-bond acceptors (Lipinski definition) is 1. The SMILES string of the molecule is C/C=C\c1c(CC)n(C/C=C\C=C(/C)c2ccccc2)c2ccc3cccnc3c12.c1ccc(-c2ccc3[nH]c4ccc(-c5ccccc5)cc4c3c2)cc1. The van der Waals surface area contributed by atoms with Crippen molar-refractivity contribution in [3.8, 4) is 22.3 Å². The zero-order valence-electron chi connectivity index (χ0n) is 31.7. The van der Waals surface area contributed by atoms with Crippen molar-refractivity contribution in [2.24, 2.45) is 0 Å². The fourth-order valence-electron chi connectivity index (χ4n) is 7.69. The van der Waals surface area contributed by atoms with Crippen molar-refractivity contribution < 1.29 is 0 Å². The molecule has 6 aromatic carbocycles. The van der Waals surface area contributed by atoms with E-state index in [9.17, 15) is 0 Å². The molecule has 0 radical (unpaired) electrons. The third-order valence-electron chi connectivity index (χ3n) is 10.4. The van der Waals surface area contributed by atoms with E-state index in [0.29, 0.717) is 0 Å². The molecule has 0 unspecified atom stereocenters.